The van der Waals surface area contributed by atoms with Crippen molar-refractivity contribution in [1.82, 2.24) is 4.98 Å². The van der Waals surface area contributed by atoms with Crippen LogP contribution in [-0.4, -0.2) is 25.2 Å². The quantitative estimate of drug-likeness (QED) is 0.888. The molecule has 0 spiro atoms. The van der Waals surface area contributed by atoms with Crippen molar-refractivity contribution in [2.45, 2.75) is 6.18 Å². The number of pyridine rings is 1. The first-order valence-corrected chi connectivity index (χ1v) is 6.68. The Kier molecular flexibility index (Phi) is 5.12. The molecular formula is C15H14F3N3O3. The van der Waals surface area contributed by atoms with Gasteiger partial charge in [-0.3, -0.25) is 0 Å². The standard InChI is InChI=1S/C15H14F3N3O3/c1-23-12-7-6-11(13(21-12)24-2)20-14(22)19-10-5-3-4-9(8-10)15(16,17)18/h3-8H,1-2H3,(H2,19,20,22). The summed E-state index contributed by atoms with van der Waals surface area (Å²) in [6.45, 7) is 0. The van der Waals surface area contributed by atoms with Crippen LogP contribution in [0.2, 0.25) is 0 Å². The van der Waals surface area contributed by atoms with Crippen molar-refractivity contribution in [3.05, 3.63) is 42.0 Å². The number of anilines is 2. The Morgan fingerprint density at radius 2 is 1.83 bits per heavy atom. The van der Waals surface area contributed by atoms with Crippen molar-refractivity contribution in [2.24, 2.45) is 0 Å². The highest BCUT2D eigenvalue weighted by atomic mass is 19.4. The van der Waals surface area contributed by atoms with Gasteiger partial charge in [-0.2, -0.15) is 18.2 Å². The van der Waals surface area contributed by atoms with E-state index in [9.17, 15) is 18.0 Å². The van der Waals surface area contributed by atoms with Gasteiger partial charge in [0, 0.05) is 11.8 Å². The second-order valence-corrected chi connectivity index (χ2v) is 4.57. The third-order valence-corrected chi connectivity index (χ3v) is 2.93. The molecule has 0 unspecified atom stereocenters. The first-order chi connectivity index (χ1) is 11.3. The molecule has 0 aliphatic rings. The molecule has 0 atom stereocenters. The summed E-state index contributed by atoms with van der Waals surface area (Å²) in [6, 6.07) is 6.56. The van der Waals surface area contributed by atoms with E-state index in [-0.39, 0.29) is 23.1 Å². The van der Waals surface area contributed by atoms with Crippen molar-refractivity contribution in [3.8, 4) is 11.8 Å². The number of benzene rings is 1. The summed E-state index contributed by atoms with van der Waals surface area (Å²) < 4.78 is 47.9. The maximum atomic E-state index is 12.7. The lowest BCUT2D eigenvalue weighted by atomic mass is 10.2. The smallest absolute Gasteiger partial charge is 0.416 e. The highest BCUT2D eigenvalue weighted by Gasteiger charge is 2.30. The van der Waals surface area contributed by atoms with Gasteiger partial charge in [0.25, 0.3) is 0 Å². The molecule has 0 aliphatic carbocycles. The van der Waals surface area contributed by atoms with Crippen LogP contribution in [0.5, 0.6) is 11.8 Å². The number of nitrogens with zero attached hydrogens (tertiary/aromatic N) is 1. The molecule has 0 saturated carbocycles. The third kappa shape index (κ3) is 4.28. The Balaban J connectivity index is 2.11. The second kappa shape index (κ2) is 7.07. The normalized spacial score (nSPS) is 10.9. The number of methoxy groups -OCH3 is 2. The first-order valence-electron chi connectivity index (χ1n) is 6.68. The maximum Gasteiger partial charge on any atom is 0.416 e. The minimum atomic E-state index is -4.49. The van der Waals surface area contributed by atoms with Crippen molar-refractivity contribution in [2.75, 3.05) is 24.9 Å². The van der Waals surface area contributed by atoms with Gasteiger partial charge in [-0.15, -0.1) is 0 Å². The Morgan fingerprint density at radius 3 is 2.46 bits per heavy atom. The molecule has 0 bridgehead atoms. The minimum Gasteiger partial charge on any atom is -0.481 e. The van der Waals surface area contributed by atoms with Crippen LogP contribution in [0.4, 0.5) is 29.3 Å². The molecule has 2 N–H and O–H groups in total. The average Bonchev–Trinajstić information content (AvgIpc) is 2.54. The molecule has 0 fully saturated rings. The molecule has 0 aliphatic heterocycles. The average molecular weight is 341 g/mol. The Labute approximate surface area is 135 Å². The molecule has 128 valence electrons. The van der Waals surface area contributed by atoms with Crippen LogP contribution >= 0.6 is 0 Å². The lowest BCUT2D eigenvalue weighted by Crippen LogP contribution is -2.20. The van der Waals surface area contributed by atoms with Gasteiger partial charge < -0.3 is 20.1 Å². The summed E-state index contributed by atoms with van der Waals surface area (Å²) >= 11 is 0. The number of carbonyl (C=O) groups excluding carboxylic acids is 1. The fraction of sp³-hybridized carbons (Fsp3) is 0.200. The van der Waals surface area contributed by atoms with E-state index in [0.717, 1.165) is 12.1 Å². The van der Waals surface area contributed by atoms with Gasteiger partial charge >= 0.3 is 12.2 Å². The van der Waals surface area contributed by atoms with E-state index in [1.165, 1.54) is 38.5 Å². The predicted molar refractivity (Wildman–Crippen MR) is 81.4 cm³/mol. The zero-order valence-electron chi connectivity index (χ0n) is 12.8. The van der Waals surface area contributed by atoms with Crippen molar-refractivity contribution >= 4 is 17.4 Å². The van der Waals surface area contributed by atoms with E-state index in [1.54, 1.807) is 0 Å². The molecule has 1 aromatic heterocycles. The number of rotatable bonds is 4. The zero-order chi connectivity index (χ0) is 17.7. The summed E-state index contributed by atoms with van der Waals surface area (Å²) in [5.74, 6) is 0.393. The SMILES string of the molecule is COc1ccc(NC(=O)Nc2cccc(C(F)(F)F)c2)c(OC)n1. The summed E-state index contributed by atoms with van der Waals surface area (Å²) in [7, 11) is 2.78. The number of hydrogen-bond acceptors (Lipinski definition) is 4. The summed E-state index contributed by atoms with van der Waals surface area (Å²) in [5.41, 5.74) is -0.616. The van der Waals surface area contributed by atoms with Crippen LogP contribution in [-0.2, 0) is 6.18 Å². The van der Waals surface area contributed by atoms with Crippen LogP contribution in [0.3, 0.4) is 0 Å². The number of aromatic nitrogens is 1. The van der Waals surface area contributed by atoms with Crippen molar-refractivity contribution in [3.63, 3.8) is 0 Å². The van der Waals surface area contributed by atoms with Crippen LogP contribution in [0.1, 0.15) is 5.56 Å². The number of urea groups is 1. The number of carbonyl (C=O) groups is 1. The van der Waals surface area contributed by atoms with E-state index in [2.05, 4.69) is 15.6 Å². The Bertz CT molecular complexity index is 735. The topological polar surface area (TPSA) is 72.5 Å². The third-order valence-electron chi connectivity index (χ3n) is 2.93. The van der Waals surface area contributed by atoms with Crippen molar-refractivity contribution in [1.29, 1.82) is 0 Å². The van der Waals surface area contributed by atoms with E-state index < -0.39 is 17.8 Å². The van der Waals surface area contributed by atoms with Gasteiger partial charge in [-0.05, 0) is 24.3 Å². The van der Waals surface area contributed by atoms with Crippen LogP contribution in [0.15, 0.2) is 36.4 Å². The van der Waals surface area contributed by atoms with Gasteiger partial charge in [0.2, 0.25) is 11.8 Å². The molecular weight excluding hydrogens is 327 g/mol. The summed E-state index contributed by atoms with van der Waals surface area (Å²) in [6.07, 6.45) is -4.49. The van der Waals surface area contributed by atoms with E-state index >= 15 is 0 Å². The van der Waals surface area contributed by atoms with Crippen LogP contribution in [0, 0.1) is 0 Å². The number of alkyl halides is 3. The molecule has 9 heteroatoms. The molecule has 0 saturated heterocycles. The van der Waals surface area contributed by atoms with Crippen LogP contribution in [0.25, 0.3) is 0 Å². The molecule has 1 aromatic carbocycles. The minimum absolute atomic E-state index is 0.00256. The molecule has 24 heavy (non-hydrogen) atoms. The monoisotopic (exact) mass is 341 g/mol. The van der Waals surface area contributed by atoms with Gasteiger partial charge in [0.15, 0.2) is 0 Å². The van der Waals surface area contributed by atoms with Crippen molar-refractivity contribution < 1.29 is 27.4 Å². The number of amides is 2. The maximum absolute atomic E-state index is 12.7. The number of ether oxygens (including phenoxy) is 2. The van der Waals surface area contributed by atoms with Gasteiger partial charge in [-0.25, -0.2) is 4.79 Å². The predicted octanol–water partition coefficient (Wildman–Crippen LogP) is 3.76. The second-order valence-electron chi connectivity index (χ2n) is 4.57. The first kappa shape index (κ1) is 17.4. The van der Waals surface area contributed by atoms with Gasteiger partial charge in [-0.1, -0.05) is 6.07 Å². The highest BCUT2D eigenvalue weighted by molar-refractivity contribution is 6.00. The Morgan fingerprint density at radius 1 is 1.08 bits per heavy atom. The fourth-order valence-corrected chi connectivity index (χ4v) is 1.85. The molecule has 0 radical (unpaired) electrons. The highest BCUT2D eigenvalue weighted by Crippen LogP contribution is 2.31. The summed E-state index contributed by atoms with van der Waals surface area (Å²) in [4.78, 5) is 15.9. The largest absolute Gasteiger partial charge is 0.481 e. The zero-order valence-corrected chi connectivity index (χ0v) is 12.8. The molecule has 6 nitrogen and oxygen atoms in total. The molecule has 2 aromatic rings. The Hall–Kier alpha value is -2.97. The molecule has 2 amide bonds. The van der Waals surface area contributed by atoms with Gasteiger partial charge in [0.05, 0.1) is 19.8 Å². The molecule has 2 rings (SSSR count). The lowest BCUT2D eigenvalue weighted by Gasteiger charge is -2.12. The van der Waals surface area contributed by atoms with E-state index in [4.69, 9.17) is 9.47 Å². The van der Waals surface area contributed by atoms with Crippen LogP contribution < -0.4 is 20.1 Å². The van der Waals surface area contributed by atoms with Gasteiger partial charge in [0.1, 0.15) is 5.69 Å². The number of halogens is 3. The molecule has 1 heterocycles. The fourth-order valence-electron chi connectivity index (χ4n) is 1.85. The number of hydrogen-bond donors (Lipinski definition) is 2. The lowest BCUT2D eigenvalue weighted by molar-refractivity contribution is -0.137. The summed E-state index contributed by atoms with van der Waals surface area (Å²) in [5, 5.41) is 4.76. The number of nitrogens with one attached hydrogen (secondary N) is 2. The van der Waals surface area contributed by atoms with E-state index in [1.807, 2.05) is 0 Å². The van der Waals surface area contributed by atoms with E-state index in [0.29, 0.717) is 0 Å².